The highest BCUT2D eigenvalue weighted by atomic mass is 14.9. The Kier molecular flexibility index (Phi) is 4.57. The number of hydrogen-bond donors (Lipinski definition) is 0. The van der Waals surface area contributed by atoms with Crippen molar-refractivity contribution in [3.05, 3.63) is 78.0 Å². The van der Waals surface area contributed by atoms with E-state index >= 15 is 0 Å². The number of nitrogens with zero attached hydrogens (tertiary/aromatic N) is 1. The summed E-state index contributed by atoms with van der Waals surface area (Å²) in [7, 11) is 2.11. The minimum Gasteiger partial charge on any atom is -0.200 e. The van der Waals surface area contributed by atoms with E-state index in [4.69, 9.17) is 0 Å². The van der Waals surface area contributed by atoms with Crippen molar-refractivity contribution in [2.45, 2.75) is 53.4 Å². The Morgan fingerprint density at radius 3 is 2.00 bits per heavy atom. The second-order valence-corrected chi connectivity index (χ2v) is 10.0. The van der Waals surface area contributed by atoms with Gasteiger partial charge in [0.05, 0.1) is 0 Å². The van der Waals surface area contributed by atoms with Crippen molar-refractivity contribution in [3.8, 4) is 22.4 Å². The second kappa shape index (κ2) is 7.13. The third kappa shape index (κ3) is 3.64. The zero-order valence-corrected chi connectivity index (χ0v) is 18.7. The standard InChI is InChI=1S/C28H34N/c1-20-9-7-8-10-25(20)26-16-15-23(19-29(26)6)21-11-13-22(14-12-21)24-17-27(2,3)28(4,5)18-24/h7-16,19,24H,17-18H2,1-6H3/q+1/i24D. The zero-order chi connectivity index (χ0) is 21.7. The smallest absolute Gasteiger partial charge is 0.200 e. The van der Waals surface area contributed by atoms with Crippen LogP contribution in [0.25, 0.3) is 22.4 Å². The summed E-state index contributed by atoms with van der Waals surface area (Å²) in [5.74, 6) is -0.495. The Morgan fingerprint density at radius 1 is 0.828 bits per heavy atom. The summed E-state index contributed by atoms with van der Waals surface area (Å²) in [5, 5.41) is 0. The molecule has 1 aliphatic carbocycles. The van der Waals surface area contributed by atoms with Crippen LogP contribution < -0.4 is 4.57 Å². The Bertz CT molecular complexity index is 1060. The van der Waals surface area contributed by atoms with Crippen molar-refractivity contribution in [1.82, 2.24) is 0 Å². The van der Waals surface area contributed by atoms with Gasteiger partial charge in [-0.25, -0.2) is 4.57 Å². The van der Waals surface area contributed by atoms with Crippen molar-refractivity contribution < 1.29 is 5.94 Å². The van der Waals surface area contributed by atoms with Crippen molar-refractivity contribution >= 4 is 0 Å². The lowest BCUT2D eigenvalue weighted by Crippen LogP contribution is -2.30. The molecule has 1 fully saturated rings. The van der Waals surface area contributed by atoms with Crippen LogP contribution in [0.3, 0.4) is 0 Å². The summed E-state index contributed by atoms with van der Waals surface area (Å²) in [5.41, 5.74) is 7.66. The monoisotopic (exact) mass is 385 g/mol. The van der Waals surface area contributed by atoms with Crippen molar-refractivity contribution in [2.75, 3.05) is 0 Å². The molecule has 0 unspecified atom stereocenters. The first kappa shape index (κ1) is 18.6. The fourth-order valence-corrected chi connectivity index (χ4v) is 4.63. The van der Waals surface area contributed by atoms with E-state index in [1.807, 2.05) is 0 Å². The van der Waals surface area contributed by atoms with Gasteiger partial charge in [0.15, 0.2) is 6.20 Å². The molecule has 1 heteroatoms. The number of hydrogen-bond acceptors (Lipinski definition) is 0. The quantitative estimate of drug-likeness (QED) is 0.424. The number of benzene rings is 2. The summed E-state index contributed by atoms with van der Waals surface area (Å²) in [6.07, 6.45) is 4.02. The first-order chi connectivity index (χ1) is 14.0. The van der Waals surface area contributed by atoms with E-state index < -0.39 is 5.89 Å². The van der Waals surface area contributed by atoms with Gasteiger partial charge >= 0.3 is 0 Å². The zero-order valence-electron chi connectivity index (χ0n) is 19.7. The fraction of sp³-hybridized carbons (Fsp3) is 0.393. The van der Waals surface area contributed by atoms with Gasteiger partial charge in [-0.1, -0.05) is 70.2 Å². The molecule has 0 N–H and O–H groups in total. The highest BCUT2D eigenvalue weighted by Gasteiger charge is 2.46. The van der Waals surface area contributed by atoms with Gasteiger partial charge in [-0.3, -0.25) is 0 Å². The lowest BCUT2D eigenvalue weighted by atomic mass is 9.71. The number of rotatable bonds is 3. The molecule has 1 heterocycles. The maximum atomic E-state index is 9.18. The van der Waals surface area contributed by atoms with Crippen LogP contribution in [0.4, 0.5) is 0 Å². The summed E-state index contributed by atoms with van der Waals surface area (Å²) in [4.78, 5) is 0. The first-order valence-electron chi connectivity index (χ1n) is 11.2. The average molecular weight is 386 g/mol. The topological polar surface area (TPSA) is 3.88 Å². The lowest BCUT2D eigenvalue weighted by Gasteiger charge is -2.34. The molecule has 0 radical (unpaired) electrons. The van der Waals surface area contributed by atoms with Gasteiger partial charge in [-0.05, 0) is 65.3 Å². The highest BCUT2D eigenvalue weighted by molar-refractivity contribution is 5.66. The number of pyridine rings is 1. The maximum Gasteiger partial charge on any atom is 0.212 e. The van der Waals surface area contributed by atoms with Gasteiger partial charge in [0.2, 0.25) is 5.69 Å². The highest BCUT2D eigenvalue weighted by Crippen LogP contribution is 2.57. The van der Waals surface area contributed by atoms with Gasteiger partial charge < -0.3 is 0 Å². The minimum absolute atomic E-state index is 0.173. The fourth-order valence-electron chi connectivity index (χ4n) is 4.63. The normalized spacial score (nSPS) is 19.7. The van der Waals surface area contributed by atoms with Crippen molar-refractivity contribution in [1.29, 1.82) is 0 Å². The maximum absolute atomic E-state index is 9.18. The molecule has 0 aliphatic heterocycles. The van der Waals surface area contributed by atoms with E-state index in [9.17, 15) is 1.37 Å². The van der Waals surface area contributed by atoms with Crippen LogP contribution in [0.15, 0.2) is 66.9 Å². The van der Waals surface area contributed by atoms with E-state index in [2.05, 4.69) is 113 Å². The summed E-state index contributed by atoms with van der Waals surface area (Å²) >= 11 is 0. The van der Waals surface area contributed by atoms with Crippen LogP contribution in [0.1, 0.15) is 58.9 Å². The Balaban J connectivity index is 1.63. The second-order valence-electron chi connectivity index (χ2n) is 10.0. The van der Waals surface area contributed by atoms with Crippen LogP contribution in [0.2, 0.25) is 0 Å². The summed E-state index contributed by atoms with van der Waals surface area (Å²) < 4.78 is 11.4. The van der Waals surface area contributed by atoms with Crippen LogP contribution in [-0.4, -0.2) is 0 Å². The average Bonchev–Trinajstić information content (AvgIpc) is 2.85. The van der Waals surface area contributed by atoms with Gasteiger partial charge in [0.25, 0.3) is 0 Å². The van der Waals surface area contributed by atoms with E-state index in [0.717, 1.165) is 18.4 Å². The van der Waals surface area contributed by atoms with Gasteiger partial charge in [0.1, 0.15) is 7.05 Å². The molecule has 3 aromatic rings. The van der Waals surface area contributed by atoms with Crippen LogP contribution in [-0.2, 0) is 7.05 Å². The summed E-state index contributed by atoms with van der Waals surface area (Å²) in [6.45, 7) is 11.4. The molecular formula is C28H34N+. The number of aromatic nitrogens is 1. The molecular weight excluding hydrogens is 350 g/mol. The van der Waals surface area contributed by atoms with Crippen LogP contribution >= 0.6 is 0 Å². The molecule has 1 saturated carbocycles. The SMILES string of the molecule is [2H]C1(c2ccc(-c3ccc(-c4ccccc4C)[n+](C)c3)cc2)CC(C)(C)C(C)(C)C1. The van der Waals surface area contributed by atoms with Crippen molar-refractivity contribution in [3.63, 3.8) is 0 Å². The predicted molar refractivity (Wildman–Crippen MR) is 123 cm³/mol. The molecule has 0 spiro atoms. The molecule has 1 aromatic heterocycles. The molecule has 4 rings (SSSR count). The van der Waals surface area contributed by atoms with E-state index in [0.29, 0.717) is 0 Å². The molecule has 0 atom stereocenters. The Hall–Kier alpha value is -2.41. The van der Waals surface area contributed by atoms with Crippen molar-refractivity contribution in [2.24, 2.45) is 17.9 Å². The predicted octanol–water partition coefficient (Wildman–Crippen LogP) is 7.08. The molecule has 0 amide bonds. The van der Waals surface area contributed by atoms with E-state index in [-0.39, 0.29) is 10.8 Å². The summed E-state index contributed by atoms with van der Waals surface area (Å²) in [6, 6.07) is 21.7. The molecule has 1 nitrogen and oxygen atoms in total. The van der Waals surface area contributed by atoms with Crippen LogP contribution in [0, 0.1) is 17.8 Å². The largest absolute Gasteiger partial charge is 0.212 e. The van der Waals surface area contributed by atoms with Crippen LogP contribution in [0.5, 0.6) is 0 Å². The van der Waals surface area contributed by atoms with Gasteiger partial charge in [-0.2, -0.15) is 0 Å². The Labute approximate surface area is 177 Å². The molecule has 0 bridgehead atoms. The molecule has 0 saturated heterocycles. The molecule has 2 aromatic carbocycles. The third-order valence-corrected chi connectivity index (χ3v) is 7.32. The van der Waals surface area contributed by atoms with Gasteiger partial charge in [0, 0.05) is 18.6 Å². The van der Waals surface area contributed by atoms with E-state index in [1.165, 1.54) is 27.9 Å². The number of aryl methyl sites for hydroxylation is 2. The molecule has 1 aliphatic rings. The Morgan fingerprint density at radius 2 is 1.41 bits per heavy atom. The lowest BCUT2D eigenvalue weighted by molar-refractivity contribution is -0.659. The third-order valence-electron chi connectivity index (χ3n) is 7.32. The first-order valence-corrected chi connectivity index (χ1v) is 10.7. The molecule has 150 valence electrons. The minimum atomic E-state index is -0.495. The molecule has 29 heavy (non-hydrogen) atoms. The van der Waals surface area contributed by atoms with Gasteiger partial charge in [-0.15, -0.1) is 0 Å². The van der Waals surface area contributed by atoms with E-state index in [1.54, 1.807) is 0 Å².